The molecule has 3 N–H and O–H groups in total. The second-order valence-electron chi connectivity index (χ2n) is 6.96. The van der Waals surface area contributed by atoms with Crippen LogP contribution >= 0.6 is 15.9 Å². The quantitative estimate of drug-likeness (QED) is 0.524. The molecule has 1 saturated heterocycles. The van der Waals surface area contributed by atoms with Crippen LogP contribution in [0, 0.1) is 0 Å². The number of nitrogens with one attached hydrogen (secondary N) is 2. The number of hydrogen-bond donors (Lipinski definition) is 3. The van der Waals surface area contributed by atoms with Gasteiger partial charge in [0.1, 0.15) is 5.69 Å². The van der Waals surface area contributed by atoms with Gasteiger partial charge in [0.2, 0.25) is 10.0 Å². The summed E-state index contributed by atoms with van der Waals surface area (Å²) in [5.74, 6) is -0.316. The fourth-order valence-corrected chi connectivity index (χ4v) is 5.76. The predicted octanol–water partition coefficient (Wildman–Crippen LogP) is 3.33. The van der Waals surface area contributed by atoms with Crippen molar-refractivity contribution in [3.05, 3.63) is 58.7 Å². The molecular formula is C20H20BrN3O4S. The van der Waals surface area contributed by atoms with Gasteiger partial charge in [-0.15, -0.1) is 0 Å². The first kappa shape index (κ1) is 20.1. The van der Waals surface area contributed by atoms with E-state index < -0.39 is 10.0 Å². The van der Waals surface area contributed by atoms with E-state index >= 15 is 0 Å². The molecule has 152 valence electrons. The summed E-state index contributed by atoms with van der Waals surface area (Å²) in [4.78, 5) is 15.8. The number of carbonyl (C=O) groups is 1. The minimum absolute atomic E-state index is 0.144. The number of aliphatic hydroxyl groups excluding tert-OH is 1. The number of aliphatic hydroxyl groups is 1. The third kappa shape index (κ3) is 3.83. The highest BCUT2D eigenvalue weighted by atomic mass is 79.9. The molecule has 0 bridgehead atoms. The molecule has 1 amide bonds. The molecule has 1 aliphatic rings. The lowest BCUT2D eigenvalue weighted by Gasteiger charge is -2.22. The van der Waals surface area contributed by atoms with Crippen LogP contribution in [0.15, 0.2) is 57.9 Å². The number of hydrogen-bond acceptors (Lipinski definition) is 4. The third-order valence-electron chi connectivity index (χ3n) is 5.11. The molecule has 1 unspecified atom stereocenters. The molecule has 1 fully saturated rings. The van der Waals surface area contributed by atoms with E-state index in [9.17, 15) is 18.3 Å². The smallest absolute Gasteiger partial charge is 0.272 e. The Morgan fingerprint density at radius 2 is 2.00 bits per heavy atom. The monoisotopic (exact) mass is 477 g/mol. The molecule has 0 saturated carbocycles. The number of fused-ring (bicyclic) bond motifs is 1. The Morgan fingerprint density at radius 1 is 1.24 bits per heavy atom. The van der Waals surface area contributed by atoms with Crippen molar-refractivity contribution in [1.82, 2.24) is 9.29 Å². The molecule has 1 aromatic heterocycles. The molecule has 1 aliphatic heterocycles. The van der Waals surface area contributed by atoms with Crippen molar-refractivity contribution in [3.63, 3.8) is 0 Å². The van der Waals surface area contributed by atoms with Crippen LogP contribution in [-0.2, 0) is 10.0 Å². The van der Waals surface area contributed by atoms with Gasteiger partial charge >= 0.3 is 0 Å². The molecule has 0 spiro atoms. The fourth-order valence-electron chi connectivity index (χ4n) is 3.59. The lowest BCUT2D eigenvalue weighted by atomic mass is 10.2. The fraction of sp³-hybridized carbons (Fsp3) is 0.250. The summed E-state index contributed by atoms with van der Waals surface area (Å²) in [7, 11) is -3.67. The van der Waals surface area contributed by atoms with E-state index in [1.165, 1.54) is 16.4 Å². The van der Waals surface area contributed by atoms with Crippen molar-refractivity contribution in [2.45, 2.75) is 23.8 Å². The number of benzene rings is 2. The van der Waals surface area contributed by atoms with E-state index in [2.05, 4.69) is 26.2 Å². The zero-order valence-electron chi connectivity index (χ0n) is 15.4. The first-order valence-corrected chi connectivity index (χ1v) is 11.4. The number of aromatic amines is 1. The van der Waals surface area contributed by atoms with Gasteiger partial charge in [0.05, 0.1) is 11.5 Å². The minimum Gasteiger partial charge on any atom is -0.395 e. The average Bonchev–Trinajstić information content (AvgIpc) is 3.36. The number of amides is 1. The summed E-state index contributed by atoms with van der Waals surface area (Å²) in [6, 6.07) is 13.1. The SMILES string of the molecule is O=C(Nc1ccc(S(=O)(=O)N2CCCC2CO)cc1)c1cc2c(Br)cccc2[nH]1. The number of carbonyl (C=O) groups excluding carboxylic acids is 1. The second kappa shape index (κ2) is 7.91. The highest BCUT2D eigenvalue weighted by Gasteiger charge is 2.34. The highest BCUT2D eigenvalue weighted by molar-refractivity contribution is 9.10. The minimum atomic E-state index is -3.67. The first-order valence-electron chi connectivity index (χ1n) is 9.21. The van der Waals surface area contributed by atoms with E-state index in [1.54, 1.807) is 18.2 Å². The van der Waals surface area contributed by atoms with Gasteiger partial charge in [0, 0.05) is 33.6 Å². The van der Waals surface area contributed by atoms with Gasteiger partial charge in [0.15, 0.2) is 0 Å². The molecule has 9 heteroatoms. The Bertz CT molecular complexity index is 1160. The lowest BCUT2D eigenvalue weighted by Crippen LogP contribution is -2.37. The van der Waals surface area contributed by atoms with E-state index in [0.717, 1.165) is 21.8 Å². The molecule has 2 heterocycles. The summed E-state index contributed by atoms with van der Waals surface area (Å²) < 4.78 is 27.9. The molecule has 2 aromatic carbocycles. The topological polar surface area (TPSA) is 102 Å². The largest absolute Gasteiger partial charge is 0.395 e. The van der Waals surface area contributed by atoms with Crippen LogP contribution in [0.4, 0.5) is 5.69 Å². The number of aromatic nitrogens is 1. The van der Waals surface area contributed by atoms with Crippen LogP contribution in [0.1, 0.15) is 23.3 Å². The number of halogens is 1. The van der Waals surface area contributed by atoms with Crippen LogP contribution in [0.3, 0.4) is 0 Å². The molecule has 0 aliphatic carbocycles. The number of H-pyrrole nitrogens is 1. The van der Waals surface area contributed by atoms with E-state index in [4.69, 9.17) is 0 Å². The predicted molar refractivity (Wildman–Crippen MR) is 114 cm³/mol. The van der Waals surface area contributed by atoms with Crippen molar-refractivity contribution in [2.24, 2.45) is 0 Å². The van der Waals surface area contributed by atoms with Crippen LogP contribution in [-0.4, -0.2) is 47.9 Å². The molecule has 7 nitrogen and oxygen atoms in total. The zero-order chi connectivity index (χ0) is 20.6. The number of anilines is 1. The number of sulfonamides is 1. The van der Waals surface area contributed by atoms with Gasteiger partial charge < -0.3 is 15.4 Å². The van der Waals surface area contributed by atoms with Crippen molar-refractivity contribution in [3.8, 4) is 0 Å². The van der Waals surface area contributed by atoms with Crippen LogP contribution in [0.2, 0.25) is 0 Å². The van der Waals surface area contributed by atoms with Gasteiger partial charge in [0.25, 0.3) is 5.91 Å². The summed E-state index contributed by atoms with van der Waals surface area (Å²) in [5, 5.41) is 13.1. The van der Waals surface area contributed by atoms with Gasteiger partial charge in [-0.05, 0) is 55.3 Å². The summed E-state index contributed by atoms with van der Waals surface area (Å²) in [5.41, 5.74) is 1.74. The Kier molecular flexibility index (Phi) is 5.48. The lowest BCUT2D eigenvalue weighted by molar-refractivity contribution is 0.102. The second-order valence-corrected chi connectivity index (χ2v) is 9.70. The molecule has 0 radical (unpaired) electrons. The third-order valence-corrected chi connectivity index (χ3v) is 7.77. The Morgan fingerprint density at radius 3 is 2.69 bits per heavy atom. The van der Waals surface area contributed by atoms with E-state index in [-0.39, 0.29) is 23.5 Å². The van der Waals surface area contributed by atoms with Crippen molar-refractivity contribution in [1.29, 1.82) is 0 Å². The summed E-state index contributed by atoms with van der Waals surface area (Å²) in [6.07, 6.45) is 1.39. The van der Waals surface area contributed by atoms with Crippen LogP contribution < -0.4 is 5.32 Å². The summed E-state index contributed by atoms with van der Waals surface area (Å²) in [6.45, 7) is 0.218. The zero-order valence-corrected chi connectivity index (χ0v) is 17.8. The normalized spacial score (nSPS) is 17.7. The van der Waals surface area contributed by atoms with Gasteiger partial charge in [-0.25, -0.2) is 8.42 Å². The van der Waals surface area contributed by atoms with Gasteiger partial charge in [-0.2, -0.15) is 4.31 Å². The maximum Gasteiger partial charge on any atom is 0.272 e. The van der Waals surface area contributed by atoms with Crippen LogP contribution in [0.25, 0.3) is 10.9 Å². The average molecular weight is 478 g/mol. The Hall–Kier alpha value is -2.20. The van der Waals surface area contributed by atoms with Gasteiger partial charge in [-0.3, -0.25) is 4.79 Å². The van der Waals surface area contributed by atoms with Crippen molar-refractivity contribution < 1.29 is 18.3 Å². The molecular weight excluding hydrogens is 458 g/mol. The summed E-state index contributed by atoms with van der Waals surface area (Å²) >= 11 is 3.46. The van der Waals surface area contributed by atoms with E-state index in [1.807, 2.05) is 18.2 Å². The first-order chi connectivity index (χ1) is 13.9. The van der Waals surface area contributed by atoms with Crippen LogP contribution in [0.5, 0.6) is 0 Å². The number of nitrogens with zero attached hydrogens (tertiary/aromatic N) is 1. The Labute approximate surface area is 176 Å². The van der Waals surface area contributed by atoms with Gasteiger partial charge in [-0.1, -0.05) is 22.0 Å². The maximum absolute atomic E-state index is 12.8. The molecule has 1 atom stereocenters. The molecule has 3 aromatic rings. The van der Waals surface area contributed by atoms with Crippen molar-refractivity contribution >= 4 is 48.5 Å². The van der Waals surface area contributed by atoms with E-state index in [0.29, 0.717) is 24.3 Å². The Balaban J connectivity index is 1.52. The highest BCUT2D eigenvalue weighted by Crippen LogP contribution is 2.27. The molecule has 4 rings (SSSR count). The molecule has 29 heavy (non-hydrogen) atoms. The van der Waals surface area contributed by atoms with Crippen molar-refractivity contribution in [2.75, 3.05) is 18.5 Å². The number of rotatable bonds is 5. The standard InChI is InChI=1S/C20H20BrN3O4S/c21-17-4-1-5-18-16(17)11-19(23-18)20(26)22-13-6-8-15(9-7-13)29(27,28)24-10-2-3-14(24)12-25/h1,4-9,11,14,23,25H,2-3,10,12H2,(H,22,26). The maximum atomic E-state index is 12.8.